The van der Waals surface area contributed by atoms with Gasteiger partial charge in [-0.3, -0.25) is 0 Å². The zero-order valence-corrected chi connectivity index (χ0v) is 10.7. The topological polar surface area (TPSA) is 9.23 Å². The molecule has 1 aromatic rings. The van der Waals surface area contributed by atoms with Crippen molar-refractivity contribution in [1.29, 1.82) is 0 Å². The number of hydrogen-bond donors (Lipinski definition) is 0. The summed E-state index contributed by atoms with van der Waals surface area (Å²) in [6, 6.07) is 2.27. The second-order valence-corrected chi connectivity index (χ2v) is 4.77. The Hall–Kier alpha value is -1.26. The van der Waals surface area contributed by atoms with Crippen LogP contribution in [0.1, 0.15) is 50.7 Å². The number of alkyl halides is 3. The van der Waals surface area contributed by atoms with E-state index in [1.807, 2.05) is 0 Å². The Morgan fingerprint density at radius 1 is 0.944 bits per heavy atom. The first-order chi connectivity index (χ1) is 8.11. The van der Waals surface area contributed by atoms with Crippen LogP contribution in [0, 0.1) is 5.82 Å². The van der Waals surface area contributed by atoms with E-state index in [9.17, 15) is 17.6 Å². The highest BCUT2D eigenvalue weighted by Crippen LogP contribution is 2.35. The van der Waals surface area contributed by atoms with Crippen molar-refractivity contribution in [3.8, 4) is 5.75 Å². The minimum Gasteiger partial charge on any atom is -0.405 e. The number of ether oxygens (including phenoxy) is 1. The molecule has 102 valence electrons. The van der Waals surface area contributed by atoms with E-state index in [-0.39, 0.29) is 28.7 Å². The van der Waals surface area contributed by atoms with Crippen molar-refractivity contribution >= 4 is 0 Å². The molecule has 0 fully saturated rings. The molecule has 18 heavy (non-hydrogen) atoms. The van der Waals surface area contributed by atoms with Gasteiger partial charge in [-0.2, -0.15) is 0 Å². The molecule has 5 heteroatoms. The average Bonchev–Trinajstić information content (AvgIpc) is 2.17. The Bertz CT molecular complexity index is 422. The molecule has 0 heterocycles. The second-order valence-electron chi connectivity index (χ2n) is 4.77. The molecule has 0 bridgehead atoms. The standard InChI is InChI=1S/C13H16F4O/c1-7(2)9-6-12(18-13(15,16)17)10(8(3)4)5-11(9)14/h5-8H,1-4H3. The normalized spacial score (nSPS) is 12.3. The van der Waals surface area contributed by atoms with Crippen LogP contribution in [-0.2, 0) is 0 Å². The van der Waals surface area contributed by atoms with Crippen LogP contribution in [0.3, 0.4) is 0 Å². The van der Waals surface area contributed by atoms with Gasteiger partial charge in [-0.1, -0.05) is 27.7 Å². The van der Waals surface area contributed by atoms with Gasteiger partial charge in [0.1, 0.15) is 11.6 Å². The van der Waals surface area contributed by atoms with Crippen LogP contribution in [0.2, 0.25) is 0 Å². The third-order valence-electron chi connectivity index (χ3n) is 2.60. The molecule has 1 aromatic carbocycles. The van der Waals surface area contributed by atoms with Crippen molar-refractivity contribution < 1.29 is 22.3 Å². The summed E-state index contributed by atoms with van der Waals surface area (Å²) >= 11 is 0. The zero-order valence-electron chi connectivity index (χ0n) is 10.7. The lowest BCUT2D eigenvalue weighted by molar-refractivity contribution is -0.275. The van der Waals surface area contributed by atoms with Crippen molar-refractivity contribution in [1.82, 2.24) is 0 Å². The van der Waals surface area contributed by atoms with Crippen molar-refractivity contribution in [3.63, 3.8) is 0 Å². The van der Waals surface area contributed by atoms with Crippen LogP contribution in [0.5, 0.6) is 5.75 Å². The molecule has 0 aliphatic rings. The number of benzene rings is 1. The smallest absolute Gasteiger partial charge is 0.405 e. The molecule has 0 saturated heterocycles. The van der Waals surface area contributed by atoms with Gasteiger partial charge < -0.3 is 4.74 Å². The fraction of sp³-hybridized carbons (Fsp3) is 0.538. The van der Waals surface area contributed by atoms with Gasteiger partial charge in [-0.05, 0) is 35.1 Å². The lowest BCUT2D eigenvalue weighted by atomic mass is 9.95. The first kappa shape index (κ1) is 14.8. The van der Waals surface area contributed by atoms with Crippen LogP contribution in [0.4, 0.5) is 17.6 Å². The fourth-order valence-electron chi connectivity index (χ4n) is 1.69. The van der Waals surface area contributed by atoms with E-state index >= 15 is 0 Å². The average molecular weight is 264 g/mol. The highest BCUT2D eigenvalue weighted by Gasteiger charge is 2.33. The molecule has 1 rings (SSSR count). The lowest BCUT2D eigenvalue weighted by Crippen LogP contribution is -2.19. The Morgan fingerprint density at radius 2 is 1.44 bits per heavy atom. The van der Waals surface area contributed by atoms with Gasteiger partial charge >= 0.3 is 6.36 Å². The van der Waals surface area contributed by atoms with Crippen molar-refractivity contribution in [2.75, 3.05) is 0 Å². The summed E-state index contributed by atoms with van der Waals surface area (Å²) in [5.41, 5.74) is 0.438. The van der Waals surface area contributed by atoms with Crippen LogP contribution >= 0.6 is 0 Å². The molecule has 0 spiro atoms. The predicted octanol–water partition coefficient (Wildman–Crippen LogP) is 4.97. The van der Waals surface area contributed by atoms with Crippen LogP contribution < -0.4 is 4.74 Å². The molecule has 0 aliphatic heterocycles. The number of hydrogen-bond acceptors (Lipinski definition) is 1. The van der Waals surface area contributed by atoms with Gasteiger partial charge in [0.25, 0.3) is 0 Å². The first-order valence-corrected chi connectivity index (χ1v) is 5.71. The van der Waals surface area contributed by atoms with E-state index in [1.165, 1.54) is 0 Å². The maximum atomic E-state index is 13.7. The predicted molar refractivity (Wildman–Crippen MR) is 61.3 cm³/mol. The Labute approximate surface area is 104 Å². The highest BCUT2D eigenvalue weighted by atomic mass is 19.4. The molecule has 0 saturated carbocycles. The fourth-order valence-corrected chi connectivity index (χ4v) is 1.69. The van der Waals surface area contributed by atoms with Gasteiger partial charge in [0.2, 0.25) is 0 Å². The molecule has 0 radical (unpaired) electrons. The minimum atomic E-state index is -4.77. The van der Waals surface area contributed by atoms with Crippen LogP contribution in [0.25, 0.3) is 0 Å². The summed E-state index contributed by atoms with van der Waals surface area (Å²) in [5, 5.41) is 0. The van der Waals surface area contributed by atoms with Crippen molar-refractivity contribution in [3.05, 3.63) is 29.1 Å². The molecule has 0 unspecified atom stereocenters. The van der Waals surface area contributed by atoms with E-state index in [1.54, 1.807) is 27.7 Å². The molecule has 0 aliphatic carbocycles. The Morgan fingerprint density at radius 3 is 1.83 bits per heavy atom. The molecule has 0 N–H and O–H groups in total. The molecular weight excluding hydrogens is 248 g/mol. The minimum absolute atomic E-state index is 0.207. The van der Waals surface area contributed by atoms with E-state index in [0.717, 1.165) is 12.1 Å². The van der Waals surface area contributed by atoms with Crippen LogP contribution in [0.15, 0.2) is 12.1 Å². The van der Waals surface area contributed by atoms with E-state index in [0.29, 0.717) is 0 Å². The summed E-state index contributed by atoms with van der Waals surface area (Å²) in [7, 11) is 0. The third-order valence-corrected chi connectivity index (χ3v) is 2.60. The Balaban J connectivity index is 3.31. The van der Waals surface area contributed by atoms with E-state index in [2.05, 4.69) is 4.74 Å². The third kappa shape index (κ3) is 3.62. The van der Waals surface area contributed by atoms with Gasteiger partial charge in [-0.15, -0.1) is 13.2 Å². The molecular formula is C13H16F4O. The molecule has 1 nitrogen and oxygen atoms in total. The summed E-state index contributed by atoms with van der Waals surface area (Å²) in [6.45, 7) is 6.80. The molecule has 0 amide bonds. The summed E-state index contributed by atoms with van der Waals surface area (Å²) < 4.78 is 54.6. The van der Waals surface area contributed by atoms with Gasteiger partial charge in [0, 0.05) is 0 Å². The van der Waals surface area contributed by atoms with Gasteiger partial charge in [-0.25, -0.2) is 4.39 Å². The zero-order chi connectivity index (χ0) is 14.1. The summed E-state index contributed by atoms with van der Waals surface area (Å²) in [5.74, 6) is -1.27. The monoisotopic (exact) mass is 264 g/mol. The van der Waals surface area contributed by atoms with Crippen LogP contribution in [-0.4, -0.2) is 6.36 Å². The van der Waals surface area contributed by atoms with E-state index in [4.69, 9.17) is 0 Å². The van der Waals surface area contributed by atoms with Crippen molar-refractivity contribution in [2.24, 2.45) is 0 Å². The van der Waals surface area contributed by atoms with Crippen molar-refractivity contribution in [2.45, 2.75) is 45.9 Å². The first-order valence-electron chi connectivity index (χ1n) is 5.71. The molecule has 0 aromatic heterocycles. The second kappa shape index (κ2) is 5.16. The maximum Gasteiger partial charge on any atom is 0.573 e. The summed E-state index contributed by atoms with van der Waals surface area (Å²) in [6.07, 6.45) is -4.77. The Kier molecular flexibility index (Phi) is 4.24. The SMILES string of the molecule is CC(C)c1cc(OC(F)(F)F)c(C(C)C)cc1F. The largest absolute Gasteiger partial charge is 0.573 e. The molecule has 0 atom stereocenters. The van der Waals surface area contributed by atoms with E-state index < -0.39 is 12.2 Å². The lowest BCUT2D eigenvalue weighted by Gasteiger charge is -2.18. The number of halogens is 4. The highest BCUT2D eigenvalue weighted by molar-refractivity contribution is 5.41. The maximum absolute atomic E-state index is 13.7. The van der Waals surface area contributed by atoms with Gasteiger partial charge in [0.15, 0.2) is 0 Å². The quantitative estimate of drug-likeness (QED) is 0.700. The summed E-state index contributed by atoms with van der Waals surface area (Å²) in [4.78, 5) is 0. The van der Waals surface area contributed by atoms with Gasteiger partial charge in [0.05, 0.1) is 0 Å². The number of rotatable bonds is 3.